The van der Waals surface area contributed by atoms with Crippen molar-refractivity contribution in [1.82, 2.24) is 0 Å². The standard InChI is InChI=1S/C15H13ClN2.ClH/c16-13-7-5-11(6-8-13)10-18-14-4-2-1-3-12(14)9-15(18)17;/h1-8,17H,9-10H2;1H. The van der Waals surface area contributed by atoms with Gasteiger partial charge in [0.15, 0.2) is 0 Å². The first-order valence-electron chi connectivity index (χ1n) is 5.91. The Morgan fingerprint density at radius 1 is 1.05 bits per heavy atom. The van der Waals surface area contributed by atoms with Crippen LogP contribution in [0.3, 0.4) is 0 Å². The molecule has 0 amide bonds. The van der Waals surface area contributed by atoms with Crippen LogP contribution in [0.25, 0.3) is 0 Å². The third-order valence-electron chi connectivity index (χ3n) is 3.22. The Hall–Kier alpha value is -1.51. The minimum atomic E-state index is 0. The van der Waals surface area contributed by atoms with Crippen LogP contribution in [0.15, 0.2) is 48.5 Å². The van der Waals surface area contributed by atoms with Crippen molar-refractivity contribution in [1.29, 1.82) is 5.41 Å². The average molecular weight is 293 g/mol. The summed E-state index contributed by atoms with van der Waals surface area (Å²) in [4.78, 5) is 2.05. The monoisotopic (exact) mass is 292 g/mol. The minimum Gasteiger partial charge on any atom is -0.325 e. The van der Waals surface area contributed by atoms with Crippen LogP contribution in [-0.4, -0.2) is 5.84 Å². The summed E-state index contributed by atoms with van der Waals surface area (Å²) in [6, 6.07) is 16.0. The van der Waals surface area contributed by atoms with Crippen molar-refractivity contribution in [3.8, 4) is 0 Å². The molecule has 3 rings (SSSR count). The predicted molar refractivity (Wildman–Crippen MR) is 82.8 cm³/mol. The Morgan fingerprint density at radius 3 is 2.47 bits per heavy atom. The number of para-hydroxylation sites is 1. The van der Waals surface area contributed by atoms with Crippen molar-refractivity contribution >= 4 is 35.5 Å². The highest BCUT2D eigenvalue weighted by Gasteiger charge is 2.23. The molecule has 2 aromatic rings. The van der Waals surface area contributed by atoms with E-state index in [1.165, 1.54) is 11.1 Å². The van der Waals surface area contributed by atoms with Crippen LogP contribution in [0, 0.1) is 5.41 Å². The minimum absolute atomic E-state index is 0. The predicted octanol–water partition coefficient (Wildman–Crippen LogP) is 4.30. The molecule has 0 aromatic heterocycles. The number of nitrogens with zero attached hydrogens (tertiary/aromatic N) is 1. The van der Waals surface area contributed by atoms with Gasteiger partial charge in [-0.15, -0.1) is 12.4 Å². The van der Waals surface area contributed by atoms with Gasteiger partial charge < -0.3 is 4.90 Å². The van der Waals surface area contributed by atoms with Gasteiger partial charge in [0.2, 0.25) is 0 Å². The summed E-state index contributed by atoms with van der Waals surface area (Å²) in [5.74, 6) is 0.658. The van der Waals surface area contributed by atoms with E-state index >= 15 is 0 Å². The van der Waals surface area contributed by atoms with E-state index < -0.39 is 0 Å². The van der Waals surface area contributed by atoms with Crippen LogP contribution < -0.4 is 4.90 Å². The molecule has 1 N–H and O–H groups in total. The van der Waals surface area contributed by atoms with Gasteiger partial charge >= 0.3 is 0 Å². The molecule has 1 aliphatic rings. The zero-order valence-electron chi connectivity index (χ0n) is 10.3. The number of hydrogen-bond acceptors (Lipinski definition) is 1. The maximum atomic E-state index is 8.08. The van der Waals surface area contributed by atoms with Gasteiger partial charge in [0.05, 0.1) is 0 Å². The maximum absolute atomic E-state index is 8.08. The van der Waals surface area contributed by atoms with Gasteiger partial charge in [0.1, 0.15) is 5.84 Å². The summed E-state index contributed by atoms with van der Waals surface area (Å²) in [5.41, 5.74) is 3.55. The Bertz CT molecular complexity index is 593. The first-order chi connectivity index (χ1) is 8.74. The van der Waals surface area contributed by atoms with Crippen molar-refractivity contribution in [2.75, 3.05) is 4.90 Å². The van der Waals surface area contributed by atoms with E-state index in [9.17, 15) is 0 Å². The first kappa shape index (κ1) is 13.9. The molecule has 2 aromatic carbocycles. The van der Waals surface area contributed by atoms with E-state index in [0.717, 1.165) is 23.7 Å². The lowest BCUT2D eigenvalue weighted by Crippen LogP contribution is -2.25. The number of hydrogen-bond donors (Lipinski definition) is 1. The normalized spacial score (nSPS) is 13.1. The molecular formula is C15H14Cl2N2. The number of fused-ring (bicyclic) bond motifs is 1. The highest BCUT2D eigenvalue weighted by molar-refractivity contribution is 6.30. The molecule has 0 atom stereocenters. The van der Waals surface area contributed by atoms with Gasteiger partial charge in [-0.05, 0) is 29.3 Å². The number of amidine groups is 1. The smallest absolute Gasteiger partial charge is 0.105 e. The van der Waals surface area contributed by atoms with Crippen LogP contribution in [0.1, 0.15) is 11.1 Å². The van der Waals surface area contributed by atoms with Gasteiger partial charge in [-0.3, -0.25) is 5.41 Å². The topological polar surface area (TPSA) is 27.1 Å². The zero-order valence-corrected chi connectivity index (χ0v) is 11.8. The summed E-state index contributed by atoms with van der Waals surface area (Å²) in [6.07, 6.45) is 0.726. The summed E-state index contributed by atoms with van der Waals surface area (Å²) in [7, 11) is 0. The Balaban J connectivity index is 0.00000133. The molecule has 0 aliphatic carbocycles. The molecule has 4 heteroatoms. The Morgan fingerprint density at radius 2 is 1.74 bits per heavy atom. The molecule has 0 fully saturated rings. The molecule has 0 unspecified atom stereocenters. The molecular weight excluding hydrogens is 279 g/mol. The van der Waals surface area contributed by atoms with Crippen molar-refractivity contribution in [2.45, 2.75) is 13.0 Å². The molecule has 1 heterocycles. The molecule has 98 valence electrons. The molecule has 19 heavy (non-hydrogen) atoms. The number of anilines is 1. The second-order valence-electron chi connectivity index (χ2n) is 4.46. The molecule has 0 radical (unpaired) electrons. The number of nitrogens with one attached hydrogen (secondary N) is 1. The highest BCUT2D eigenvalue weighted by Crippen LogP contribution is 2.30. The second-order valence-corrected chi connectivity index (χ2v) is 4.90. The number of rotatable bonds is 2. The molecule has 0 saturated heterocycles. The zero-order chi connectivity index (χ0) is 12.5. The third-order valence-corrected chi connectivity index (χ3v) is 3.47. The molecule has 1 aliphatic heterocycles. The van der Waals surface area contributed by atoms with Gasteiger partial charge in [-0.1, -0.05) is 41.9 Å². The lowest BCUT2D eigenvalue weighted by Gasteiger charge is -2.19. The fraction of sp³-hybridized carbons (Fsp3) is 0.133. The fourth-order valence-electron chi connectivity index (χ4n) is 2.30. The van der Waals surface area contributed by atoms with Crippen LogP contribution >= 0.6 is 24.0 Å². The highest BCUT2D eigenvalue weighted by atomic mass is 35.5. The number of halogens is 2. The number of benzene rings is 2. The van der Waals surface area contributed by atoms with Crippen LogP contribution in [0.4, 0.5) is 5.69 Å². The van der Waals surface area contributed by atoms with Crippen LogP contribution in [0.2, 0.25) is 5.02 Å². The Labute approximate surface area is 123 Å². The van der Waals surface area contributed by atoms with Crippen molar-refractivity contribution in [3.05, 3.63) is 64.7 Å². The quantitative estimate of drug-likeness (QED) is 0.878. The van der Waals surface area contributed by atoms with Gasteiger partial charge in [0, 0.05) is 23.7 Å². The van der Waals surface area contributed by atoms with E-state index in [0.29, 0.717) is 5.84 Å². The average Bonchev–Trinajstić information content (AvgIpc) is 2.69. The third kappa shape index (κ3) is 2.75. The van der Waals surface area contributed by atoms with E-state index in [2.05, 4.69) is 17.0 Å². The lowest BCUT2D eigenvalue weighted by atomic mass is 10.1. The summed E-state index contributed by atoms with van der Waals surface area (Å²) in [5, 5.41) is 8.83. The van der Waals surface area contributed by atoms with Crippen molar-refractivity contribution in [2.24, 2.45) is 0 Å². The molecule has 0 spiro atoms. The SMILES string of the molecule is Cl.N=C1Cc2ccccc2N1Cc1ccc(Cl)cc1. The van der Waals surface area contributed by atoms with Gasteiger partial charge in [0.25, 0.3) is 0 Å². The molecule has 2 nitrogen and oxygen atoms in total. The van der Waals surface area contributed by atoms with Crippen LogP contribution in [0.5, 0.6) is 0 Å². The maximum Gasteiger partial charge on any atom is 0.105 e. The summed E-state index contributed by atoms with van der Waals surface area (Å²) < 4.78 is 0. The molecule has 0 bridgehead atoms. The summed E-state index contributed by atoms with van der Waals surface area (Å²) >= 11 is 5.88. The lowest BCUT2D eigenvalue weighted by molar-refractivity contribution is 1.01. The van der Waals surface area contributed by atoms with E-state index in [-0.39, 0.29) is 12.4 Å². The largest absolute Gasteiger partial charge is 0.325 e. The first-order valence-corrected chi connectivity index (χ1v) is 6.29. The van der Waals surface area contributed by atoms with Crippen molar-refractivity contribution in [3.63, 3.8) is 0 Å². The fourth-order valence-corrected chi connectivity index (χ4v) is 2.42. The van der Waals surface area contributed by atoms with Gasteiger partial charge in [-0.2, -0.15) is 0 Å². The van der Waals surface area contributed by atoms with E-state index in [1.54, 1.807) is 0 Å². The molecule has 0 saturated carbocycles. The van der Waals surface area contributed by atoms with Crippen molar-refractivity contribution < 1.29 is 0 Å². The van der Waals surface area contributed by atoms with Crippen LogP contribution in [-0.2, 0) is 13.0 Å². The van der Waals surface area contributed by atoms with E-state index in [4.69, 9.17) is 17.0 Å². The van der Waals surface area contributed by atoms with Gasteiger partial charge in [-0.25, -0.2) is 0 Å². The Kier molecular flexibility index (Phi) is 4.13. The second kappa shape index (κ2) is 5.64. The summed E-state index contributed by atoms with van der Waals surface area (Å²) in [6.45, 7) is 0.729. The van der Waals surface area contributed by atoms with E-state index in [1.807, 2.05) is 36.4 Å².